The molecule has 0 bridgehead atoms. The molecule has 0 N–H and O–H groups in total. The zero-order valence-corrected chi connectivity index (χ0v) is 10.8. The Bertz CT molecular complexity index is 268. The number of rotatable bonds is 2. The molecule has 0 spiro atoms. The van der Waals surface area contributed by atoms with Crippen LogP contribution < -0.4 is 0 Å². The maximum atomic E-state index is 9.30. The van der Waals surface area contributed by atoms with Crippen molar-refractivity contribution in [2.24, 2.45) is 5.92 Å². The molecule has 0 radical (unpaired) electrons. The van der Waals surface area contributed by atoms with Gasteiger partial charge < -0.3 is 4.84 Å². The molecule has 1 heterocycles. The Hall–Kier alpha value is -0.630. The number of hydrogen-bond acceptors (Lipinski definition) is 4. The standard InChI is InChI=1S/C13H23N3O/c1-17-16-9-7-15(8-10-16)13-6-4-2-3-5-12(13)11-14/h12-13H,2-10H2,1H3. The summed E-state index contributed by atoms with van der Waals surface area (Å²) in [4.78, 5) is 7.75. The minimum absolute atomic E-state index is 0.242. The third kappa shape index (κ3) is 3.19. The summed E-state index contributed by atoms with van der Waals surface area (Å²) in [6.07, 6.45) is 6.10. The van der Waals surface area contributed by atoms with Crippen molar-refractivity contribution in [1.82, 2.24) is 9.96 Å². The van der Waals surface area contributed by atoms with E-state index in [0.717, 1.165) is 32.6 Å². The number of hydroxylamine groups is 2. The molecular formula is C13H23N3O. The molecule has 2 atom stereocenters. The zero-order valence-electron chi connectivity index (χ0n) is 10.8. The average molecular weight is 237 g/mol. The molecule has 2 unspecified atom stereocenters. The molecule has 1 aliphatic carbocycles. The Labute approximate surface area is 104 Å². The summed E-state index contributed by atoms with van der Waals surface area (Å²) in [5, 5.41) is 11.3. The fraction of sp³-hybridized carbons (Fsp3) is 0.923. The smallest absolute Gasteiger partial charge is 0.0672 e. The van der Waals surface area contributed by atoms with Gasteiger partial charge in [-0.3, -0.25) is 4.90 Å². The van der Waals surface area contributed by atoms with Crippen molar-refractivity contribution in [1.29, 1.82) is 5.26 Å². The average Bonchev–Trinajstić information content (AvgIpc) is 2.64. The SMILES string of the molecule is CON1CCN(C2CCCCCC2C#N)CC1. The van der Waals surface area contributed by atoms with Gasteiger partial charge in [0.15, 0.2) is 0 Å². The summed E-state index contributed by atoms with van der Waals surface area (Å²) in [7, 11) is 1.74. The highest BCUT2D eigenvalue weighted by atomic mass is 16.7. The van der Waals surface area contributed by atoms with Crippen LogP contribution in [0.2, 0.25) is 0 Å². The first kappa shape index (κ1) is 12.8. The third-order valence-corrected chi connectivity index (χ3v) is 4.15. The van der Waals surface area contributed by atoms with E-state index < -0.39 is 0 Å². The second-order valence-electron chi connectivity index (χ2n) is 5.09. The molecule has 0 aromatic heterocycles. The van der Waals surface area contributed by atoms with Crippen LogP contribution in [0.25, 0.3) is 0 Å². The first-order valence-corrected chi connectivity index (χ1v) is 6.78. The summed E-state index contributed by atoms with van der Waals surface area (Å²) in [6.45, 7) is 4.00. The summed E-state index contributed by atoms with van der Waals surface area (Å²) >= 11 is 0. The van der Waals surface area contributed by atoms with Gasteiger partial charge in [0.1, 0.15) is 0 Å². The Morgan fingerprint density at radius 1 is 1.06 bits per heavy atom. The van der Waals surface area contributed by atoms with Gasteiger partial charge >= 0.3 is 0 Å². The molecule has 1 saturated heterocycles. The van der Waals surface area contributed by atoms with Gasteiger partial charge in [-0.2, -0.15) is 10.3 Å². The van der Waals surface area contributed by atoms with E-state index in [2.05, 4.69) is 11.0 Å². The summed E-state index contributed by atoms with van der Waals surface area (Å²) in [5.74, 6) is 0.242. The molecule has 2 aliphatic rings. The first-order chi connectivity index (χ1) is 8.35. The van der Waals surface area contributed by atoms with Crippen LogP contribution in [0.15, 0.2) is 0 Å². The highest BCUT2D eigenvalue weighted by Gasteiger charge is 2.30. The fourth-order valence-corrected chi connectivity index (χ4v) is 3.09. The van der Waals surface area contributed by atoms with Gasteiger partial charge in [0, 0.05) is 32.2 Å². The highest BCUT2D eigenvalue weighted by Crippen LogP contribution is 2.27. The summed E-state index contributed by atoms with van der Waals surface area (Å²) in [6, 6.07) is 3.02. The van der Waals surface area contributed by atoms with Gasteiger partial charge in [0.25, 0.3) is 0 Å². The van der Waals surface area contributed by atoms with Gasteiger partial charge in [0.2, 0.25) is 0 Å². The van der Waals surface area contributed by atoms with E-state index in [-0.39, 0.29) is 5.92 Å². The fourth-order valence-electron chi connectivity index (χ4n) is 3.09. The van der Waals surface area contributed by atoms with E-state index in [1.165, 1.54) is 25.7 Å². The van der Waals surface area contributed by atoms with Crippen LogP contribution in [0, 0.1) is 17.2 Å². The van der Waals surface area contributed by atoms with Crippen LogP contribution in [0.1, 0.15) is 32.1 Å². The molecule has 0 aromatic rings. The quantitative estimate of drug-likeness (QED) is 0.684. The monoisotopic (exact) mass is 237 g/mol. The number of nitriles is 1. The van der Waals surface area contributed by atoms with Gasteiger partial charge in [-0.1, -0.05) is 19.3 Å². The molecule has 2 rings (SSSR count). The molecule has 1 saturated carbocycles. The summed E-state index contributed by atoms with van der Waals surface area (Å²) < 4.78 is 0. The third-order valence-electron chi connectivity index (χ3n) is 4.15. The number of piperazine rings is 1. The molecular weight excluding hydrogens is 214 g/mol. The predicted molar refractivity (Wildman–Crippen MR) is 66.1 cm³/mol. The second kappa shape index (κ2) is 6.34. The van der Waals surface area contributed by atoms with Crippen LogP contribution in [-0.2, 0) is 4.84 Å². The summed E-state index contributed by atoms with van der Waals surface area (Å²) in [5.41, 5.74) is 0. The highest BCUT2D eigenvalue weighted by molar-refractivity contribution is 4.95. The van der Waals surface area contributed by atoms with E-state index in [0.29, 0.717) is 6.04 Å². The van der Waals surface area contributed by atoms with Crippen molar-refractivity contribution < 1.29 is 4.84 Å². The van der Waals surface area contributed by atoms with E-state index in [4.69, 9.17) is 4.84 Å². The first-order valence-electron chi connectivity index (χ1n) is 6.78. The largest absolute Gasteiger partial charge is 0.302 e. The van der Waals surface area contributed by atoms with E-state index in [9.17, 15) is 5.26 Å². The maximum absolute atomic E-state index is 9.30. The Balaban J connectivity index is 1.93. The van der Waals surface area contributed by atoms with E-state index in [1.807, 2.05) is 5.06 Å². The lowest BCUT2D eigenvalue weighted by molar-refractivity contribution is -0.156. The van der Waals surface area contributed by atoms with Crippen LogP contribution >= 0.6 is 0 Å². The normalized spacial score (nSPS) is 32.9. The van der Waals surface area contributed by atoms with Gasteiger partial charge in [-0.05, 0) is 12.8 Å². The molecule has 0 amide bonds. The van der Waals surface area contributed by atoms with Gasteiger partial charge in [0.05, 0.1) is 19.1 Å². The second-order valence-corrected chi connectivity index (χ2v) is 5.09. The van der Waals surface area contributed by atoms with Crippen molar-refractivity contribution in [3.8, 4) is 6.07 Å². The minimum atomic E-state index is 0.242. The van der Waals surface area contributed by atoms with Crippen molar-refractivity contribution >= 4 is 0 Å². The van der Waals surface area contributed by atoms with Crippen LogP contribution in [-0.4, -0.2) is 49.3 Å². The minimum Gasteiger partial charge on any atom is -0.302 e. The molecule has 0 aromatic carbocycles. The maximum Gasteiger partial charge on any atom is 0.0672 e. The molecule has 4 heteroatoms. The van der Waals surface area contributed by atoms with Crippen LogP contribution in [0.4, 0.5) is 0 Å². The van der Waals surface area contributed by atoms with Crippen LogP contribution in [0.5, 0.6) is 0 Å². The Morgan fingerprint density at radius 3 is 2.41 bits per heavy atom. The number of hydrogen-bond donors (Lipinski definition) is 0. The van der Waals surface area contributed by atoms with Crippen molar-refractivity contribution in [3.05, 3.63) is 0 Å². The van der Waals surface area contributed by atoms with Crippen molar-refractivity contribution in [2.45, 2.75) is 38.1 Å². The molecule has 4 nitrogen and oxygen atoms in total. The Morgan fingerprint density at radius 2 is 1.76 bits per heavy atom. The lowest BCUT2D eigenvalue weighted by Gasteiger charge is -2.39. The number of nitrogens with zero attached hydrogens (tertiary/aromatic N) is 3. The molecule has 17 heavy (non-hydrogen) atoms. The van der Waals surface area contributed by atoms with Gasteiger partial charge in [-0.25, -0.2) is 0 Å². The van der Waals surface area contributed by atoms with Crippen LogP contribution in [0.3, 0.4) is 0 Å². The van der Waals surface area contributed by atoms with Gasteiger partial charge in [-0.15, -0.1) is 0 Å². The molecule has 96 valence electrons. The predicted octanol–water partition coefficient (Wildman–Crippen LogP) is 1.64. The van der Waals surface area contributed by atoms with E-state index >= 15 is 0 Å². The Kier molecular flexibility index (Phi) is 4.78. The van der Waals surface area contributed by atoms with Crippen molar-refractivity contribution in [3.63, 3.8) is 0 Å². The zero-order chi connectivity index (χ0) is 12.1. The molecule has 1 aliphatic heterocycles. The van der Waals surface area contributed by atoms with E-state index in [1.54, 1.807) is 7.11 Å². The lowest BCUT2D eigenvalue weighted by Crippen LogP contribution is -2.51. The molecule has 2 fully saturated rings. The van der Waals surface area contributed by atoms with Crippen molar-refractivity contribution in [2.75, 3.05) is 33.3 Å². The lowest BCUT2D eigenvalue weighted by atomic mass is 9.94. The topological polar surface area (TPSA) is 39.5 Å².